The molecule has 0 fully saturated rings. The quantitative estimate of drug-likeness (QED) is 0.654. The van der Waals surface area contributed by atoms with Gasteiger partial charge < -0.3 is 4.98 Å². The van der Waals surface area contributed by atoms with E-state index in [1.165, 1.54) is 0 Å². The fraction of sp³-hybridized carbons (Fsp3) is 0.100. The van der Waals surface area contributed by atoms with E-state index < -0.39 is 0 Å². The van der Waals surface area contributed by atoms with Gasteiger partial charge in [0.15, 0.2) is 0 Å². The number of hydrogen-bond acceptors (Lipinski definition) is 2. The van der Waals surface area contributed by atoms with Crippen LogP contribution >= 0.6 is 34.4 Å². The maximum atomic E-state index is 11.6. The van der Waals surface area contributed by atoms with Gasteiger partial charge in [0, 0.05) is 21.2 Å². The fourth-order valence-corrected chi connectivity index (χ4v) is 2.09. The molecule has 0 atom stereocenters. The summed E-state index contributed by atoms with van der Waals surface area (Å²) >= 11 is 7.62. The van der Waals surface area contributed by atoms with Gasteiger partial charge in [-0.15, -0.1) is 0 Å². The number of rotatable bonds is 2. The first-order chi connectivity index (χ1) is 7.20. The molecule has 1 aromatic carbocycles. The maximum Gasteiger partial charge on any atom is 0.252 e. The van der Waals surface area contributed by atoms with Gasteiger partial charge in [-0.05, 0) is 64.0 Å². The van der Waals surface area contributed by atoms with Crippen molar-refractivity contribution in [2.45, 2.75) is 6.54 Å². The Hall–Kier alpha value is -0.590. The lowest BCUT2D eigenvalue weighted by molar-refractivity contribution is 0.941. The predicted molar refractivity (Wildman–Crippen MR) is 70.0 cm³/mol. The minimum Gasteiger partial charge on any atom is -0.322 e. The number of aromatic nitrogens is 1. The first kappa shape index (κ1) is 10.9. The van der Waals surface area contributed by atoms with Crippen molar-refractivity contribution in [1.29, 1.82) is 0 Å². The average molecular weight is 335 g/mol. The van der Waals surface area contributed by atoms with Crippen LogP contribution in [0.4, 0.5) is 0 Å². The number of hydrogen-bond donors (Lipinski definition) is 2. The zero-order chi connectivity index (χ0) is 10.8. The third-order valence-electron chi connectivity index (χ3n) is 2.14. The van der Waals surface area contributed by atoms with Crippen LogP contribution in [-0.4, -0.2) is 4.98 Å². The van der Waals surface area contributed by atoms with Crippen molar-refractivity contribution in [3.8, 4) is 0 Å². The Morgan fingerprint density at radius 3 is 2.93 bits per heavy atom. The molecule has 1 heterocycles. The summed E-state index contributed by atoms with van der Waals surface area (Å²) in [7, 11) is 0. The molecule has 0 saturated heterocycles. The van der Waals surface area contributed by atoms with Gasteiger partial charge in [-0.1, -0.05) is 0 Å². The van der Waals surface area contributed by atoms with Crippen molar-refractivity contribution in [3.63, 3.8) is 0 Å². The lowest BCUT2D eigenvalue weighted by atomic mass is 10.1. The van der Waals surface area contributed by atoms with Gasteiger partial charge in [0.2, 0.25) is 0 Å². The molecule has 2 aromatic rings. The number of aromatic amines is 1. The van der Waals surface area contributed by atoms with E-state index in [-0.39, 0.29) is 5.56 Å². The van der Waals surface area contributed by atoms with E-state index in [0.717, 1.165) is 14.5 Å². The first-order valence-electron chi connectivity index (χ1n) is 4.35. The number of H-pyrrole nitrogens is 1. The van der Waals surface area contributed by atoms with E-state index in [0.29, 0.717) is 12.1 Å². The second-order valence-electron chi connectivity index (χ2n) is 3.17. The van der Waals surface area contributed by atoms with Crippen LogP contribution in [0.25, 0.3) is 10.9 Å². The lowest BCUT2D eigenvalue weighted by Gasteiger charge is -2.02. The van der Waals surface area contributed by atoms with Crippen molar-refractivity contribution in [1.82, 2.24) is 9.82 Å². The molecule has 0 aliphatic heterocycles. The second kappa shape index (κ2) is 4.51. The molecule has 0 aliphatic carbocycles. The zero-order valence-corrected chi connectivity index (χ0v) is 10.6. The summed E-state index contributed by atoms with van der Waals surface area (Å²) in [5, 5.41) is 1.02. The van der Waals surface area contributed by atoms with Crippen LogP contribution in [0.15, 0.2) is 29.1 Å². The molecule has 2 rings (SSSR count). The third-order valence-corrected chi connectivity index (χ3v) is 2.95. The van der Waals surface area contributed by atoms with Gasteiger partial charge in [0.25, 0.3) is 5.56 Å². The van der Waals surface area contributed by atoms with Crippen LogP contribution in [0.5, 0.6) is 0 Å². The molecule has 0 saturated carbocycles. The van der Waals surface area contributed by atoms with Crippen LogP contribution in [0, 0.1) is 3.57 Å². The van der Waals surface area contributed by atoms with Crippen molar-refractivity contribution in [3.05, 3.63) is 43.8 Å². The average Bonchev–Trinajstić information content (AvgIpc) is 2.20. The Morgan fingerprint density at radius 2 is 2.20 bits per heavy atom. The van der Waals surface area contributed by atoms with E-state index in [1.54, 1.807) is 0 Å². The van der Waals surface area contributed by atoms with Crippen LogP contribution in [0.2, 0.25) is 0 Å². The molecule has 0 amide bonds. The minimum absolute atomic E-state index is 0.100. The van der Waals surface area contributed by atoms with Crippen molar-refractivity contribution in [2.75, 3.05) is 0 Å². The lowest BCUT2D eigenvalue weighted by Crippen LogP contribution is -2.15. The van der Waals surface area contributed by atoms with Gasteiger partial charge in [0.1, 0.15) is 0 Å². The first-order valence-corrected chi connectivity index (χ1v) is 5.81. The molecular formula is C10H8ClIN2O. The van der Waals surface area contributed by atoms with Crippen LogP contribution in [-0.2, 0) is 6.54 Å². The number of pyridine rings is 1. The van der Waals surface area contributed by atoms with Crippen molar-refractivity contribution in [2.24, 2.45) is 0 Å². The molecular weight excluding hydrogens is 326 g/mol. The van der Waals surface area contributed by atoms with E-state index >= 15 is 0 Å². The van der Waals surface area contributed by atoms with E-state index in [9.17, 15) is 4.79 Å². The van der Waals surface area contributed by atoms with Crippen LogP contribution < -0.4 is 10.4 Å². The molecule has 2 N–H and O–H groups in total. The third kappa shape index (κ3) is 2.32. The monoisotopic (exact) mass is 334 g/mol. The van der Waals surface area contributed by atoms with E-state index in [1.807, 2.05) is 24.3 Å². The van der Waals surface area contributed by atoms with E-state index in [2.05, 4.69) is 32.4 Å². The molecule has 78 valence electrons. The number of nitrogens with one attached hydrogen (secondary N) is 2. The Balaban J connectivity index is 2.66. The molecule has 0 spiro atoms. The Kier molecular flexibility index (Phi) is 3.28. The van der Waals surface area contributed by atoms with Gasteiger partial charge in [-0.25, -0.2) is 4.84 Å². The second-order valence-corrected chi connectivity index (χ2v) is 4.68. The normalized spacial score (nSPS) is 10.8. The molecule has 0 unspecified atom stereocenters. The molecule has 3 nitrogen and oxygen atoms in total. The standard InChI is InChI=1S/C10H8ClIN2O/c11-13-5-7-3-6-4-8(12)1-2-9(6)14-10(7)15/h1-4,13H,5H2,(H,14,15). The Labute approximate surface area is 105 Å². The Bertz CT molecular complexity index is 553. The van der Waals surface area contributed by atoms with Gasteiger partial charge in [-0.2, -0.15) is 0 Å². The van der Waals surface area contributed by atoms with Gasteiger partial charge in [0.05, 0.1) is 0 Å². The predicted octanol–water partition coefficient (Wildman–Crippen LogP) is 2.38. The van der Waals surface area contributed by atoms with Crippen molar-refractivity contribution < 1.29 is 0 Å². The number of fused-ring (bicyclic) bond motifs is 1. The molecule has 1 aromatic heterocycles. The van der Waals surface area contributed by atoms with Gasteiger partial charge >= 0.3 is 0 Å². The highest BCUT2D eigenvalue weighted by molar-refractivity contribution is 14.1. The van der Waals surface area contributed by atoms with Crippen LogP contribution in [0.3, 0.4) is 0 Å². The summed E-state index contributed by atoms with van der Waals surface area (Å²) in [6.07, 6.45) is 0. The fourth-order valence-electron chi connectivity index (χ4n) is 1.43. The van der Waals surface area contributed by atoms with Crippen molar-refractivity contribution >= 4 is 45.3 Å². The topological polar surface area (TPSA) is 44.9 Å². The number of halogens is 2. The van der Waals surface area contributed by atoms with Crippen LogP contribution in [0.1, 0.15) is 5.56 Å². The summed E-state index contributed by atoms with van der Waals surface area (Å²) in [5.41, 5.74) is 1.38. The van der Waals surface area contributed by atoms with E-state index in [4.69, 9.17) is 11.8 Å². The highest BCUT2D eigenvalue weighted by Gasteiger charge is 2.02. The SMILES string of the molecule is O=c1[nH]c2ccc(I)cc2cc1CNCl. The summed E-state index contributed by atoms with van der Waals surface area (Å²) in [4.78, 5) is 16.8. The smallest absolute Gasteiger partial charge is 0.252 e. The molecule has 5 heteroatoms. The summed E-state index contributed by atoms with van der Waals surface area (Å²) < 4.78 is 1.14. The molecule has 0 bridgehead atoms. The summed E-state index contributed by atoms with van der Waals surface area (Å²) in [5.74, 6) is 0. The summed E-state index contributed by atoms with van der Waals surface area (Å²) in [6.45, 7) is 0.359. The largest absolute Gasteiger partial charge is 0.322 e. The molecule has 15 heavy (non-hydrogen) atoms. The highest BCUT2D eigenvalue weighted by atomic mass is 127. The Morgan fingerprint density at radius 1 is 1.40 bits per heavy atom. The summed E-state index contributed by atoms with van der Waals surface area (Å²) in [6, 6.07) is 7.73. The zero-order valence-electron chi connectivity index (χ0n) is 7.68. The maximum absolute atomic E-state index is 11.6. The molecule has 0 aliphatic rings. The van der Waals surface area contributed by atoms with Gasteiger partial charge in [-0.3, -0.25) is 4.79 Å². The minimum atomic E-state index is -0.100. The molecule has 0 radical (unpaired) electrons. The highest BCUT2D eigenvalue weighted by Crippen LogP contribution is 2.15. The number of benzene rings is 1.